The van der Waals surface area contributed by atoms with Gasteiger partial charge in [-0.2, -0.15) is 0 Å². The number of H-pyrrole nitrogens is 1. The molecule has 0 saturated carbocycles. The van der Waals surface area contributed by atoms with E-state index in [1.807, 2.05) is 0 Å². The van der Waals surface area contributed by atoms with Gasteiger partial charge in [-0.1, -0.05) is 0 Å². The Labute approximate surface area is 121 Å². The van der Waals surface area contributed by atoms with E-state index in [-0.39, 0.29) is 5.52 Å². The number of benzene rings is 2. The molecule has 0 fully saturated rings. The molecule has 0 spiro atoms. The molecule has 2 aromatic carbocycles. The van der Waals surface area contributed by atoms with E-state index in [4.69, 9.17) is 4.74 Å². The van der Waals surface area contributed by atoms with Crippen LogP contribution in [0.15, 0.2) is 34.8 Å². The first-order valence-corrected chi connectivity index (χ1v) is 6.56. The van der Waals surface area contributed by atoms with Gasteiger partial charge in [0.25, 0.3) is 0 Å². The summed E-state index contributed by atoms with van der Waals surface area (Å²) in [6.45, 7) is 0. The van der Waals surface area contributed by atoms with E-state index < -0.39 is 11.6 Å². The van der Waals surface area contributed by atoms with E-state index in [9.17, 15) is 8.78 Å². The van der Waals surface area contributed by atoms with E-state index in [0.717, 1.165) is 16.1 Å². The maximum absolute atomic E-state index is 13.6. The molecule has 0 amide bonds. The monoisotopic (exact) mass is 338 g/mol. The van der Waals surface area contributed by atoms with Crippen LogP contribution in [-0.4, -0.2) is 17.1 Å². The Morgan fingerprint density at radius 3 is 2.70 bits per heavy atom. The fraction of sp³-hybridized carbons (Fsp3) is 0.0714. The van der Waals surface area contributed by atoms with Gasteiger partial charge in [0, 0.05) is 11.6 Å². The first kappa shape index (κ1) is 13.1. The van der Waals surface area contributed by atoms with Gasteiger partial charge in [0.2, 0.25) is 0 Å². The highest BCUT2D eigenvalue weighted by Crippen LogP contribution is 2.30. The second-order valence-electron chi connectivity index (χ2n) is 4.22. The van der Waals surface area contributed by atoms with Gasteiger partial charge in [0.15, 0.2) is 5.82 Å². The van der Waals surface area contributed by atoms with Crippen LogP contribution in [0.2, 0.25) is 0 Å². The minimum atomic E-state index is -0.685. The topological polar surface area (TPSA) is 37.9 Å². The highest BCUT2D eigenvalue weighted by molar-refractivity contribution is 9.10. The lowest BCUT2D eigenvalue weighted by molar-refractivity contribution is 0.412. The minimum absolute atomic E-state index is 0.119. The summed E-state index contributed by atoms with van der Waals surface area (Å²) in [5.41, 5.74) is 1.19. The van der Waals surface area contributed by atoms with Gasteiger partial charge in [-0.3, -0.25) is 0 Å². The molecule has 102 valence electrons. The smallest absolute Gasteiger partial charge is 0.153 e. The van der Waals surface area contributed by atoms with Crippen LogP contribution in [0, 0.1) is 11.6 Å². The number of imidazole rings is 1. The molecule has 0 aliphatic heterocycles. The molecular weight excluding hydrogens is 330 g/mol. The zero-order valence-electron chi connectivity index (χ0n) is 10.4. The SMILES string of the molecule is COc1ccc(-c2nc3c(F)cc(F)cc3[nH]2)cc1Br. The average molecular weight is 339 g/mol. The van der Waals surface area contributed by atoms with E-state index >= 15 is 0 Å². The second kappa shape index (κ2) is 4.86. The predicted octanol–water partition coefficient (Wildman–Crippen LogP) is 4.28. The first-order chi connectivity index (χ1) is 9.58. The number of aromatic amines is 1. The molecule has 1 heterocycles. The number of hydrogen-bond donors (Lipinski definition) is 1. The van der Waals surface area contributed by atoms with Gasteiger partial charge in [0.1, 0.15) is 22.9 Å². The number of halogens is 3. The van der Waals surface area contributed by atoms with Crippen molar-refractivity contribution in [3.05, 3.63) is 46.4 Å². The summed E-state index contributed by atoms with van der Waals surface area (Å²) >= 11 is 3.37. The Morgan fingerprint density at radius 2 is 2.00 bits per heavy atom. The predicted molar refractivity (Wildman–Crippen MR) is 75.7 cm³/mol. The number of rotatable bonds is 2. The lowest BCUT2D eigenvalue weighted by Gasteiger charge is -2.04. The molecule has 0 atom stereocenters. The van der Waals surface area contributed by atoms with Crippen molar-refractivity contribution in [2.75, 3.05) is 7.11 Å². The molecule has 6 heteroatoms. The molecule has 1 N–H and O–H groups in total. The van der Waals surface area contributed by atoms with Crippen LogP contribution >= 0.6 is 15.9 Å². The van der Waals surface area contributed by atoms with Gasteiger partial charge in [-0.15, -0.1) is 0 Å². The number of methoxy groups -OCH3 is 1. The number of aromatic nitrogens is 2. The standard InChI is InChI=1S/C14H9BrF2N2O/c1-20-12-3-2-7(4-9(12)15)14-18-11-6-8(16)5-10(17)13(11)19-14/h2-6H,1H3,(H,18,19). The van der Waals surface area contributed by atoms with Crippen LogP contribution in [0.5, 0.6) is 5.75 Å². The molecule has 3 aromatic rings. The molecule has 0 unspecified atom stereocenters. The summed E-state index contributed by atoms with van der Waals surface area (Å²) in [4.78, 5) is 7.07. The van der Waals surface area contributed by atoms with E-state index in [1.165, 1.54) is 6.07 Å². The van der Waals surface area contributed by atoms with Gasteiger partial charge < -0.3 is 9.72 Å². The molecular formula is C14H9BrF2N2O. The Hall–Kier alpha value is -1.95. The second-order valence-corrected chi connectivity index (χ2v) is 5.07. The summed E-state index contributed by atoms with van der Waals surface area (Å²) in [5, 5.41) is 0. The Bertz CT molecular complexity index is 801. The molecule has 0 saturated heterocycles. The maximum atomic E-state index is 13.6. The van der Waals surface area contributed by atoms with Gasteiger partial charge in [-0.25, -0.2) is 13.8 Å². The van der Waals surface area contributed by atoms with Crippen molar-refractivity contribution in [1.29, 1.82) is 0 Å². The number of hydrogen-bond acceptors (Lipinski definition) is 2. The van der Waals surface area contributed by atoms with Crippen molar-refractivity contribution >= 4 is 27.0 Å². The quantitative estimate of drug-likeness (QED) is 0.757. The largest absolute Gasteiger partial charge is 0.496 e. The normalized spacial score (nSPS) is 11.0. The summed E-state index contributed by atoms with van der Waals surface area (Å²) < 4.78 is 32.7. The summed E-state index contributed by atoms with van der Waals surface area (Å²) in [6.07, 6.45) is 0. The van der Waals surface area contributed by atoms with Gasteiger partial charge >= 0.3 is 0 Å². The van der Waals surface area contributed by atoms with E-state index in [2.05, 4.69) is 25.9 Å². The van der Waals surface area contributed by atoms with E-state index in [0.29, 0.717) is 17.1 Å². The molecule has 0 aliphatic rings. The number of nitrogens with zero attached hydrogens (tertiary/aromatic N) is 1. The highest BCUT2D eigenvalue weighted by Gasteiger charge is 2.12. The zero-order valence-corrected chi connectivity index (χ0v) is 12.0. The fourth-order valence-electron chi connectivity index (χ4n) is 1.99. The Morgan fingerprint density at radius 1 is 1.20 bits per heavy atom. The number of ether oxygens (including phenoxy) is 1. The van der Waals surface area contributed by atoms with Gasteiger partial charge in [-0.05, 0) is 40.2 Å². The van der Waals surface area contributed by atoms with Crippen LogP contribution in [-0.2, 0) is 0 Å². The molecule has 20 heavy (non-hydrogen) atoms. The zero-order chi connectivity index (χ0) is 14.3. The average Bonchev–Trinajstić information content (AvgIpc) is 2.82. The molecule has 3 nitrogen and oxygen atoms in total. The van der Waals surface area contributed by atoms with Crippen molar-refractivity contribution in [2.24, 2.45) is 0 Å². The fourth-order valence-corrected chi connectivity index (χ4v) is 2.53. The minimum Gasteiger partial charge on any atom is -0.496 e. The van der Waals surface area contributed by atoms with Crippen molar-refractivity contribution in [1.82, 2.24) is 9.97 Å². The van der Waals surface area contributed by atoms with Crippen LogP contribution in [0.4, 0.5) is 8.78 Å². The Balaban J connectivity index is 2.15. The van der Waals surface area contributed by atoms with Crippen molar-refractivity contribution in [3.8, 4) is 17.1 Å². The van der Waals surface area contributed by atoms with Crippen LogP contribution in [0.25, 0.3) is 22.4 Å². The Kier molecular flexibility index (Phi) is 3.17. The highest BCUT2D eigenvalue weighted by atomic mass is 79.9. The van der Waals surface area contributed by atoms with Crippen LogP contribution in [0.1, 0.15) is 0 Å². The van der Waals surface area contributed by atoms with Crippen molar-refractivity contribution < 1.29 is 13.5 Å². The van der Waals surface area contributed by atoms with E-state index in [1.54, 1.807) is 25.3 Å². The number of nitrogens with one attached hydrogen (secondary N) is 1. The summed E-state index contributed by atoms with van der Waals surface area (Å²) in [5.74, 6) is -0.175. The first-order valence-electron chi connectivity index (χ1n) is 5.77. The van der Waals surface area contributed by atoms with Crippen LogP contribution < -0.4 is 4.74 Å². The lowest BCUT2D eigenvalue weighted by Crippen LogP contribution is -1.86. The summed E-state index contributed by atoms with van der Waals surface area (Å²) in [6, 6.07) is 7.38. The molecule has 0 radical (unpaired) electrons. The third-order valence-electron chi connectivity index (χ3n) is 2.93. The molecule has 1 aromatic heterocycles. The maximum Gasteiger partial charge on any atom is 0.153 e. The van der Waals surface area contributed by atoms with Crippen molar-refractivity contribution in [3.63, 3.8) is 0 Å². The lowest BCUT2D eigenvalue weighted by atomic mass is 10.2. The van der Waals surface area contributed by atoms with Crippen molar-refractivity contribution in [2.45, 2.75) is 0 Å². The third-order valence-corrected chi connectivity index (χ3v) is 3.55. The number of fused-ring (bicyclic) bond motifs is 1. The summed E-state index contributed by atoms with van der Waals surface area (Å²) in [7, 11) is 1.57. The molecule has 3 rings (SSSR count). The molecule has 0 aliphatic carbocycles. The van der Waals surface area contributed by atoms with Crippen LogP contribution in [0.3, 0.4) is 0 Å². The third kappa shape index (κ3) is 2.16. The molecule has 0 bridgehead atoms. The van der Waals surface area contributed by atoms with Gasteiger partial charge in [0.05, 0.1) is 17.1 Å².